The molecule has 1 amide bonds. The first-order valence-corrected chi connectivity index (χ1v) is 7.17. The Balaban J connectivity index is 1.99. The number of imidazole rings is 1. The normalized spacial score (nSPS) is 11.0. The molecule has 5 heteroatoms. The molecule has 5 nitrogen and oxygen atoms in total. The Morgan fingerprint density at radius 2 is 1.82 bits per heavy atom. The van der Waals surface area contributed by atoms with Crippen molar-refractivity contribution in [3.8, 4) is 0 Å². The molecular formula is C17H17N3O2. The second-order valence-corrected chi connectivity index (χ2v) is 5.50. The van der Waals surface area contributed by atoms with Gasteiger partial charge in [0.05, 0.1) is 16.6 Å². The van der Waals surface area contributed by atoms with Crippen LogP contribution in [0.3, 0.4) is 0 Å². The summed E-state index contributed by atoms with van der Waals surface area (Å²) in [7, 11) is 0. The molecule has 22 heavy (non-hydrogen) atoms. The smallest absolute Gasteiger partial charge is 0.322 e. The summed E-state index contributed by atoms with van der Waals surface area (Å²) in [6, 6.07) is 12.9. The summed E-state index contributed by atoms with van der Waals surface area (Å²) in [5.74, 6) is 0.0632. The van der Waals surface area contributed by atoms with Gasteiger partial charge in [-0.2, -0.15) is 0 Å². The fourth-order valence-electron chi connectivity index (χ4n) is 2.55. The highest BCUT2D eigenvalue weighted by Crippen LogP contribution is 2.24. The molecule has 3 N–H and O–H groups in total. The van der Waals surface area contributed by atoms with Crippen LogP contribution in [-0.2, 0) is 0 Å². The molecule has 3 rings (SSSR count). The summed E-state index contributed by atoms with van der Waals surface area (Å²) < 4.78 is 0. The average Bonchev–Trinajstić information content (AvgIpc) is 2.87. The first kappa shape index (κ1) is 14.1. The average molecular weight is 295 g/mol. The van der Waals surface area contributed by atoms with Gasteiger partial charge in [-0.25, -0.2) is 4.79 Å². The van der Waals surface area contributed by atoms with Gasteiger partial charge in [0.15, 0.2) is 0 Å². The number of fused-ring (bicyclic) bond motifs is 1. The fraction of sp³-hybridized carbons (Fsp3) is 0.176. The maximum absolute atomic E-state index is 12.6. The van der Waals surface area contributed by atoms with Crippen LogP contribution in [0.25, 0.3) is 11.0 Å². The molecule has 0 spiro atoms. The maximum atomic E-state index is 12.6. The Bertz CT molecular complexity index is 890. The van der Waals surface area contributed by atoms with Gasteiger partial charge in [0.25, 0.3) is 5.91 Å². The maximum Gasteiger partial charge on any atom is 0.323 e. The molecule has 3 aromatic rings. The number of carbonyl (C=O) groups is 1. The highest BCUT2D eigenvalue weighted by atomic mass is 16.2. The predicted octanol–water partition coefficient (Wildman–Crippen LogP) is 3.23. The molecule has 0 saturated carbocycles. The third-order valence-electron chi connectivity index (χ3n) is 3.63. The molecule has 0 aliphatic carbocycles. The van der Waals surface area contributed by atoms with Gasteiger partial charge in [-0.3, -0.25) is 4.79 Å². The first-order valence-electron chi connectivity index (χ1n) is 7.17. The molecule has 112 valence electrons. The molecular weight excluding hydrogens is 278 g/mol. The quantitative estimate of drug-likeness (QED) is 0.693. The zero-order chi connectivity index (χ0) is 15.7. The SMILES string of the molecule is CC(C)c1ccccc1NC(=O)c1cccc2[nH]c(=O)[nH]c12. The largest absolute Gasteiger partial charge is 0.323 e. The summed E-state index contributed by atoms with van der Waals surface area (Å²) in [5.41, 5.74) is 3.12. The lowest BCUT2D eigenvalue weighted by molar-refractivity contribution is 0.102. The third-order valence-corrected chi connectivity index (χ3v) is 3.63. The highest BCUT2D eigenvalue weighted by Gasteiger charge is 2.14. The Morgan fingerprint density at radius 3 is 2.59 bits per heavy atom. The van der Waals surface area contributed by atoms with Gasteiger partial charge >= 0.3 is 5.69 Å². The molecule has 0 fully saturated rings. The lowest BCUT2D eigenvalue weighted by atomic mass is 10.0. The fourth-order valence-corrected chi connectivity index (χ4v) is 2.55. The standard InChI is InChI=1S/C17H17N3O2/c1-10(2)11-6-3-4-8-13(11)18-16(21)12-7-5-9-14-15(12)20-17(22)19-14/h3-10H,1-2H3,(H,18,21)(H2,19,20,22). The molecule has 1 aromatic heterocycles. The Kier molecular flexibility index (Phi) is 3.55. The van der Waals surface area contributed by atoms with Crippen LogP contribution in [0.15, 0.2) is 47.3 Å². The summed E-state index contributed by atoms with van der Waals surface area (Å²) in [4.78, 5) is 29.3. The first-order chi connectivity index (χ1) is 10.6. The number of aromatic amines is 2. The number of hydrogen-bond acceptors (Lipinski definition) is 2. The van der Waals surface area contributed by atoms with E-state index < -0.39 is 0 Å². The Labute approximate surface area is 127 Å². The molecule has 0 atom stereocenters. The van der Waals surface area contributed by atoms with Gasteiger partial charge in [0, 0.05) is 5.69 Å². The zero-order valence-electron chi connectivity index (χ0n) is 12.4. The Hall–Kier alpha value is -2.82. The van der Waals surface area contributed by atoms with Gasteiger partial charge in [-0.05, 0) is 29.7 Å². The van der Waals surface area contributed by atoms with E-state index in [1.807, 2.05) is 24.3 Å². The molecule has 1 heterocycles. The number of para-hydroxylation sites is 2. The zero-order valence-corrected chi connectivity index (χ0v) is 12.4. The van der Waals surface area contributed by atoms with Crippen molar-refractivity contribution >= 4 is 22.6 Å². The van der Waals surface area contributed by atoms with Crippen LogP contribution in [-0.4, -0.2) is 15.9 Å². The van der Waals surface area contributed by atoms with Crippen molar-refractivity contribution < 1.29 is 4.79 Å². The highest BCUT2D eigenvalue weighted by molar-refractivity contribution is 6.11. The van der Waals surface area contributed by atoms with Crippen LogP contribution in [0.5, 0.6) is 0 Å². The molecule has 0 saturated heterocycles. The number of aromatic nitrogens is 2. The predicted molar refractivity (Wildman–Crippen MR) is 87.4 cm³/mol. The number of amides is 1. The minimum absolute atomic E-state index is 0.242. The number of nitrogens with one attached hydrogen (secondary N) is 3. The van der Waals surface area contributed by atoms with Crippen molar-refractivity contribution in [2.45, 2.75) is 19.8 Å². The minimum atomic E-state index is -0.321. The van der Waals surface area contributed by atoms with E-state index >= 15 is 0 Å². The van der Waals surface area contributed by atoms with Crippen LogP contribution in [0.1, 0.15) is 35.7 Å². The molecule has 0 aliphatic heterocycles. The number of rotatable bonds is 3. The molecule has 0 bridgehead atoms. The van der Waals surface area contributed by atoms with Crippen LogP contribution in [0, 0.1) is 0 Å². The Morgan fingerprint density at radius 1 is 1.05 bits per heavy atom. The van der Waals surface area contributed by atoms with E-state index in [1.54, 1.807) is 18.2 Å². The van der Waals surface area contributed by atoms with Crippen LogP contribution in [0.2, 0.25) is 0 Å². The van der Waals surface area contributed by atoms with Crippen molar-refractivity contribution in [3.05, 3.63) is 64.1 Å². The molecule has 0 radical (unpaired) electrons. The summed E-state index contributed by atoms with van der Waals surface area (Å²) in [6.07, 6.45) is 0. The van der Waals surface area contributed by atoms with Gasteiger partial charge in [0.1, 0.15) is 0 Å². The van der Waals surface area contributed by atoms with Crippen LogP contribution >= 0.6 is 0 Å². The van der Waals surface area contributed by atoms with Crippen molar-refractivity contribution in [1.82, 2.24) is 9.97 Å². The van der Waals surface area contributed by atoms with Gasteiger partial charge in [0.2, 0.25) is 0 Å². The van der Waals surface area contributed by atoms with E-state index in [0.717, 1.165) is 11.3 Å². The number of hydrogen-bond donors (Lipinski definition) is 3. The minimum Gasteiger partial charge on any atom is -0.322 e. The summed E-state index contributed by atoms with van der Waals surface area (Å²) >= 11 is 0. The van der Waals surface area contributed by atoms with Gasteiger partial charge < -0.3 is 15.3 Å². The monoisotopic (exact) mass is 295 g/mol. The van der Waals surface area contributed by atoms with E-state index in [2.05, 4.69) is 29.1 Å². The third kappa shape index (κ3) is 2.53. The second kappa shape index (κ2) is 5.52. The number of benzene rings is 2. The van der Waals surface area contributed by atoms with Crippen LogP contribution < -0.4 is 11.0 Å². The van der Waals surface area contributed by atoms with E-state index in [4.69, 9.17) is 0 Å². The van der Waals surface area contributed by atoms with Crippen molar-refractivity contribution in [2.75, 3.05) is 5.32 Å². The van der Waals surface area contributed by atoms with E-state index in [9.17, 15) is 9.59 Å². The van der Waals surface area contributed by atoms with Crippen LogP contribution in [0.4, 0.5) is 5.69 Å². The summed E-state index contributed by atoms with van der Waals surface area (Å²) in [6.45, 7) is 4.16. The molecule has 0 aliphatic rings. The molecule has 2 aromatic carbocycles. The second-order valence-electron chi connectivity index (χ2n) is 5.50. The van der Waals surface area contributed by atoms with Crippen molar-refractivity contribution in [3.63, 3.8) is 0 Å². The summed E-state index contributed by atoms with van der Waals surface area (Å²) in [5, 5.41) is 2.93. The number of carbonyl (C=O) groups excluding carboxylic acids is 1. The van der Waals surface area contributed by atoms with E-state index in [-0.39, 0.29) is 11.6 Å². The lowest BCUT2D eigenvalue weighted by Crippen LogP contribution is -2.14. The van der Waals surface area contributed by atoms with Gasteiger partial charge in [-0.1, -0.05) is 38.1 Å². The lowest BCUT2D eigenvalue weighted by Gasteiger charge is -2.13. The molecule has 0 unspecified atom stereocenters. The van der Waals surface area contributed by atoms with Crippen molar-refractivity contribution in [2.24, 2.45) is 0 Å². The van der Waals surface area contributed by atoms with Crippen molar-refractivity contribution in [1.29, 1.82) is 0 Å². The van der Waals surface area contributed by atoms with Gasteiger partial charge in [-0.15, -0.1) is 0 Å². The number of anilines is 1. The van der Waals surface area contributed by atoms with E-state index in [0.29, 0.717) is 22.5 Å². The topological polar surface area (TPSA) is 77.8 Å². The number of H-pyrrole nitrogens is 2. The van der Waals surface area contributed by atoms with E-state index in [1.165, 1.54) is 0 Å².